The maximum atomic E-state index is 2.34. The fourth-order valence-corrected chi connectivity index (χ4v) is 2.92. The Hall–Kier alpha value is -0.290. The first-order valence-corrected chi connectivity index (χ1v) is 5.50. The molecule has 0 N–H and O–H groups in total. The Labute approximate surface area is 63.8 Å². The molecule has 0 aliphatic heterocycles. The van der Waals surface area contributed by atoms with Gasteiger partial charge in [0.1, 0.15) is 7.05 Å². The first-order chi connectivity index (χ1) is 4.83. The van der Waals surface area contributed by atoms with Crippen LogP contribution in [0.2, 0.25) is 0 Å². The molecule has 56 valence electrons. The highest BCUT2D eigenvalue weighted by molar-refractivity contribution is 7.47. The Morgan fingerprint density at radius 3 is 2.80 bits per heavy atom. The maximum absolute atomic E-state index is 2.34. The lowest BCUT2D eigenvalue weighted by molar-refractivity contribution is -0.666. The lowest BCUT2D eigenvalue weighted by Gasteiger charge is -1.89. The van der Waals surface area contributed by atoms with Gasteiger partial charge in [-0.05, 0) is 12.6 Å². The van der Waals surface area contributed by atoms with E-state index in [1.807, 2.05) is 0 Å². The van der Waals surface area contributed by atoms with Gasteiger partial charge in [0.05, 0.1) is 0 Å². The van der Waals surface area contributed by atoms with Gasteiger partial charge >= 0.3 is 0 Å². The van der Waals surface area contributed by atoms with Gasteiger partial charge < -0.3 is 0 Å². The third-order valence-electron chi connectivity index (χ3n) is 1.59. The van der Waals surface area contributed by atoms with E-state index >= 15 is 0 Å². The molecule has 1 heterocycles. The normalized spacial score (nSPS) is 12.0. The summed E-state index contributed by atoms with van der Waals surface area (Å²) in [6.07, 6.45) is 6.25. The molecule has 1 nitrogen and oxygen atoms in total. The number of nitrogens with zero attached hydrogens (tertiary/aromatic N) is 1. The summed E-state index contributed by atoms with van der Waals surface area (Å²) < 4.78 is 2.17. The average molecular weight is 156 g/mol. The molecule has 2 heteroatoms. The molecule has 1 aromatic rings. The van der Waals surface area contributed by atoms with E-state index in [9.17, 15) is 0 Å². The van der Waals surface area contributed by atoms with Crippen LogP contribution in [0.3, 0.4) is 0 Å². The van der Waals surface area contributed by atoms with Crippen LogP contribution in [0.25, 0.3) is 0 Å². The summed E-state index contributed by atoms with van der Waals surface area (Å²) in [7, 11) is 2.23. The maximum Gasteiger partial charge on any atom is 0.185 e. The van der Waals surface area contributed by atoms with E-state index < -0.39 is 0 Å². The van der Waals surface area contributed by atoms with Crippen molar-refractivity contribution < 1.29 is 4.57 Å². The van der Waals surface area contributed by atoms with Crippen LogP contribution in [0.4, 0.5) is 0 Å². The minimum Gasteiger partial charge on any atom is -0.204 e. The smallest absolute Gasteiger partial charge is 0.185 e. The summed E-state index contributed by atoms with van der Waals surface area (Å²) in [5.41, 5.74) is 0. The third kappa shape index (κ3) is 2.15. The first-order valence-electron chi connectivity index (χ1n) is 3.84. The molecule has 0 radical (unpaired) electrons. The molecule has 1 atom stereocenters. The van der Waals surface area contributed by atoms with Crippen LogP contribution < -0.4 is 4.57 Å². The van der Waals surface area contributed by atoms with Gasteiger partial charge in [0.2, 0.25) is 0 Å². The van der Waals surface area contributed by atoms with Gasteiger partial charge in [0, 0.05) is 5.80 Å². The largest absolute Gasteiger partial charge is 0.204 e. The molecule has 0 spiro atoms. The van der Waals surface area contributed by atoms with E-state index in [4.69, 9.17) is 0 Å². The Balaban J connectivity index is 2.42. The van der Waals surface area contributed by atoms with Crippen LogP contribution >= 0.6 is 7.53 Å². The second kappa shape index (κ2) is 3.78. The van der Waals surface area contributed by atoms with Crippen molar-refractivity contribution in [3.05, 3.63) is 17.9 Å². The molecule has 1 unspecified atom stereocenters. The lowest BCUT2D eigenvalue weighted by atomic mass is 10.4. The van der Waals surface area contributed by atoms with Gasteiger partial charge in [0.25, 0.3) is 0 Å². The predicted molar refractivity (Wildman–Crippen MR) is 45.2 cm³/mol. The highest BCUT2D eigenvalue weighted by Gasteiger charge is 1.97. The van der Waals surface area contributed by atoms with Crippen molar-refractivity contribution in [2.45, 2.75) is 25.9 Å². The SMILES string of the molecule is CCCCp1cc[n+](C)c1. The summed E-state index contributed by atoms with van der Waals surface area (Å²) in [4.78, 5) is 0. The van der Waals surface area contributed by atoms with Gasteiger partial charge in [-0.2, -0.15) is 0 Å². The minimum absolute atomic E-state index is 0.130. The monoisotopic (exact) mass is 156 g/mol. The van der Waals surface area contributed by atoms with Crippen LogP contribution in [-0.4, -0.2) is 0 Å². The number of aryl methyl sites for hydroxylation is 2. The Morgan fingerprint density at radius 1 is 1.50 bits per heavy atom. The Bertz CT molecular complexity index is 193. The zero-order chi connectivity index (χ0) is 7.40. The van der Waals surface area contributed by atoms with E-state index in [1.165, 1.54) is 19.0 Å². The summed E-state index contributed by atoms with van der Waals surface area (Å²) in [6.45, 7) is 2.25. The predicted octanol–water partition coefficient (Wildman–Crippen LogP) is 2.30. The summed E-state index contributed by atoms with van der Waals surface area (Å²) in [5.74, 6) is 4.68. The molecule has 1 rings (SSSR count). The molecule has 1 aromatic heterocycles. The van der Waals surface area contributed by atoms with Crippen molar-refractivity contribution in [2.75, 3.05) is 0 Å². The molecule has 0 fully saturated rings. The van der Waals surface area contributed by atoms with Crippen LogP contribution in [0.1, 0.15) is 19.8 Å². The van der Waals surface area contributed by atoms with E-state index in [1.54, 1.807) is 0 Å². The molecule has 0 aliphatic carbocycles. The molecular weight excluding hydrogens is 141 g/mol. The van der Waals surface area contributed by atoms with E-state index in [-0.39, 0.29) is 7.53 Å². The molecule has 0 aromatic carbocycles. The minimum atomic E-state index is 0.130. The van der Waals surface area contributed by atoms with Crippen LogP contribution in [0, 0.1) is 0 Å². The number of hydrogen-bond donors (Lipinski definition) is 0. The second-order valence-electron chi connectivity index (χ2n) is 2.67. The van der Waals surface area contributed by atoms with Crippen molar-refractivity contribution in [3.63, 3.8) is 0 Å². The summed E-state index contributed by atoms with van der Waals surface area (Å²) in [6, 6.07) is 0. The molecule has 0 saturated carbocycles. The number of aromatic nitrogens is 1. The summed E-state index contributed by atoms with van der Waals surface area (Å²) in [5, 5.41) is 0. The van der Waals surface area contributed by atoms with E-state index in [0.29, 0.717) is 0 Å². The highest BCUT2D eigenvalue weighted by atomic mass is 31.1. The number of unbranched alkanes of at least 4 members (excludes halogenated alkanes) is 1. The standard InChI is InChI=1S/C8H15NP/c1-3-4-6-10-7-5-9(2)8-10/h5,7-8H,3-4,6H2,1-2H3/q+1. The zero-order valence-corrected chi connectivity index (χ0v) is 7.64. The quantitative estimate of drug-likeness (QED) is 0.591. The van der Waals surface area contributed by atoms with Crippen molar-refractivity contribution in [2.24, 2.45) is 7.05 Å². The van der Waals surface area contributed by atoms with Gasteiger partial charge in [0.15, 0.2) is 12.1 Å². The molecular formula is C8H15NP+. The molecule has 10 heavy (non-hydrogen) atoms. The zero-order valence-electron chi connectivity index (χ0n) is 6.75. The Morgan fingerprint density at radius 2 is 2.30 bits per heavy atom. The van der Waals surface area contributed by atoms with Crippen LogP contribution in [0.15, 0.2) is 17.9 Å². The third-order valence-corrected chi connectivity index (χ3v) is 3.60. The topological polar surface area (TPSA) is 3.88 Å². The second-order valence-corrected chi connectivity index (χ2v) is 4.68. The van der Waals surface area contributed by atoms with Crippen molar-refractivity contribution in [1.82, 2.24) is 0 Å². The molecule has 0 saturated heterocycles. The van der Waals surface area contributed by atoms with Crippen molar-refractivity contribution in [1.29, 1.82) is 0 Å². The van der Waals surface area contributed by atoms with E-state index in [0.717, 1.165) is 0 Å². The highest BCUT2D eigenvalue weighted by Crippen LogP contribution is 2.26. The average Bonchev–Trinajstić information content (AvgIpc) is 2.31. The fraction of sp³-hybridized carbons (Fsp3) is 0.625. The number of hydrogen-bond acceptors (Lipinski definition) is 0. The van der Waals surface area contributed by atoms with Gasteiger partial charge in [-0.3, -0.25) is 0 Å². The van der Waals surface area contributed by atoms with Crippen LogP contribution in [-0.2, 0) is 13.2 Å². The van der Waals surface area contributed by atoms with Crippen LogP contribution in [0.5, 0.6) is 0 Å². The van der Waals surface area contributed by atoms with E-state index in [2.05, 4.69) is 36.5 Å². The Kier molecular flexibility index (Phi) is 2.95. The van der Waals surface area contributed by atoms with Crippen molar-refractivity contribution in [3.8, 4) is 0 Å². The first kappa shape index (κ1) is 7.81. The van der Waals surface area contributed by atoms with Gasteiger partial charge in [-0.1, -0.05) is 20.9 Å². The van der Waals surface area contributed by atoms with Gasteiger partial charge in [-0.25, -0.2) is 4.57 Å². The lowest BCUT2D eigenvalue weighted by Crippen LogP contribution is -2.22. The van der Waals surface area contributed by atoms with Crippen molar-refractivity contribution >= 4 is 7.53 Å². The molecule has 0 aliphatic rings. The number of rotatable bonds is 3. The molecule has 0 bridgehead atoms. The van der Waals surface area contributed by atoms with Gasteiger partial charge in [-0.15, -0.1) is 0 Å². The fourth-order valence-electron chi connectivity index (χ4n) is 0.975. The summed E-state index contributed by atoms with van der Waals surface area (Å²) >= 11 is 0. The molecule has 0 amide bonds.